The first kappa shape index (κ1) is 20.6. The van der Waals surface area contributed by atoms with E-state index in [0.717, 1.165) is 31.3 Å². The number of aliphatic hydroxyl groups is 1. The smallest absolute Gasteiger partial charge is 0.194 e. The summed E-state index contributed by atoms with van der Waals surface area (Å²) in [5.41, 5.74) is -1.09. The van der Waals surface area contributed by atoms with Crippen LogP contribution in [-0.2, 0) is 5.60 Å². The molecule has 5 nitrogen and oxygen atoms in total. The van der Waals surface area contributed by atoms with Crippen molar-refractivity contribution in [1.82, 2.24) is 10.2 Å². The molecule has 7 heteroatoms. The largest absolute Gasteiger partial charge is 0.466 e. The van der Waals surface area contributed by atoms with Crippen molar-refractivity contribution in [2.75, 3.05) is 31.9 Å². The zero-order valence-electron chi connectivity index (χ0n) is 14.3. The summed E-state index contributed by atoms with van der Waals surface area (Å²) < 4.78 is 5.53. The fourth-order valence-corrected chi connectivity index (χ4v) is 3.63. The lowest BCUT2D eigenvalue weighted by Crippen LogP contribution is -2.51. The van der Waals surface area contributed by atoms with Crippen molar-refractivity contribution >= 4 is 41.7 Å². The number of nitrogens with one attached hydrogen (secondary N) is 1. The van der Waals surface area contributed by atoms with E-state index in [4.69, 9.17) is 4.42 Å². The van der Waals surface area contributed by atoms with Crippen LogP contribution in [0.4, 0.5) is 0 Å². The Morgan fingerprint density at radius 1 is 1.57 bits per heavy atom. The Hall–Kier alpha value is -0.410. The summed E-state index contributed by atoms with van der Waals surface area (Å²) >= 11 is 1.99. The first-order valence-electron chi connectivity index (χ1n) is 7.78. The van der Waals surface area contributed by atoms with Gasteiger partial charge in [0.05, 0.1) is 12.8 Å². The molecule has 2 rings (SSSR count). The van der Waals surface area contributed by atoms with Crippen LogP contribution in [0.1, 0.15) is 33.5 Å². The third-order valence-electron chi connectivity index (χ3n) is 3.65. The maximum Gasteiger partial charge on any atom is 0.194 e. The molecule has 1 aliphatic rings. The number of guanidine groups is 1. The molecule has 0 bridgehead atoms. The predicted octanol–water partition coefficient (Wildman–Crippen LogP) is 2.90. The van der Waals surface area contributed by atoms with Gasteiger partial charge in [-0.2, -0.15) is 11.8 Å². The van der Waals surface area contributed by atoms with Gasteiger partial charge in [-0.05, 0) is 39.8 Å². The molecule has 132 valence electrons. The highest BCUT2D eigenvalue weighted by Crippen LogP contribution is 2.29. The molecule has 1 aromatic heterocycles. The van der Waals surface area contributed by atoms with Gasteiger partial charge in [0.25, 0.3) is 0 Å². The number of aliphatic imine (C=N–C) groups is 1. The third kappa shape index (κ3) is 5.86. The highest BCUT2D eigenvalue weighted by Gasteiger charge is 2.30. The van der Waals surface area contributed by atoms with E-state index in [-0.39, 0.29) is 35.3 Å². The van der Waals surface area contributed by atoms with E-state index in [1.54, 1.807) is 25.3 Å². The average molecular weight is 453 g/mol. The lowest BCUT2D eigenvalue weighted by Gasteiger charge is -2.39. The van der Waals surface area contributed by atoms with E-state index in [9.17, 15) is 5.11 Å². The maximum absolute atomic E-state index is 10.5. The molecule has 2 N–H and O–H groups in total. The minimum absolute atomic E-state index is 0. The molecule has 1 aromatic rings. The Labute approximate surface area is 160 Å². The quantitative estimate of drug-likeness (QED) is 0.417. The molecule has 23 heavy (non-hydrogen) atoms. The molecule has 1 fully saturated rings. The van der Waals surface area contributed by atoms with Crippen molar-refractivity contribution in [3.05, 3.63) is 24.2 Å². The highest BCUT2D eigenvalue weighted by molar-refractivity contribution is 14.0. The van der Waals surface area contributed by atoms with Crippen LogP contribution >= 0.6 is 35.7 Å². The highest BCUT2D eigenvalue weighted by atomic mass is 127. The van der Waals surface area contributed by atoms with Gasteiger partial charge in [-0.3, -0.25) is 0 Å². The molecule has 1 saturated heterocycles. The first-order chi connectivity index (χ1) is 10.3. The Bertz CT molecular complexity index is 503. The Kier molecular flexibility index (Phi) is 7.73. The Balaban J connectivity index is 0.00000264. The lowest BCUT2D eigenvalue weighted by molar-refractivity contribution is 0.0434. The number of thioether (sulfide) groups is 1. The van der Waals surface area contributed by atoms with Crippen molar-refractivity contribution < 1.29 is 9.52 Å². The summed E-state index contributed by atoms with van der Waals surface area (Å²) in [4.78, 5) is 6.92. The third-order valence-corrected chi connectivity index (χ3v) is 4.95. The molecule has 2 heterocycles. The molecule has 0 amide bonds. The second-order valence-corrected chi connectivity index (χ2v) is 8.25. The average Bonchev–Trinajstić information content (AvgIpc) is 2.97. The van der Waals surface area contributed by atoms with Crippen LogP contribution in [0, 0.1) is 0 Å². The van der Waals surface area contributed by atoms with Crippen molar-refractivity contribution in [3.63, 3.8) is 0 Å². The second kappa shape index (κ2) is 8.62. The van der Waals surface area contributed by atoms with E-state index in [1.165, 1.54) is 0 Å². The monoisotopic (exact) mass is 453 g/mol. The molecule has 1 atom stereocenters. The van der Waals surface area contributed by atoms with Gasteiger partial charge in [0.2, 0.25) is 0 Å². The van der Waals surface area contributed by atoms with Crippen LogP contribution in [0.2, 0.25) is 0 Å². The molecular formula is C16H28IN3O2S. The van der Waals surface area contributed by atoms with Gasteiger partial charge < -0.3 is 19.7 Å². The topological polar surface area (TPSA) is 61.0 Å². The fourth-order valence-electron chi connectivity index (χ4n) is 2.51. The number of hydrogen-bond donors (Lipinski definition) is 2. The van der Waals surface area contributed by atoms with Gasteiger partial charge in [0.15, 0.2) is 5.96 Å². The first-order valence-corrected chi connectivity index (χ1v) is 8.76. The lowest BCUT2D eigenvalue weighted by atomic mass is 10.0. The van der Waals surface area contributed by atoms with Crippen LogP contribution in [0.15, 0.2) is 27.8 Å². The summed E-state index contributed by atoms with van der Waals surface area (Å²) in [5.74, 6) is 2.50. The van der Waals surface area contributed by atoms with Crippen molar-refractivity contribution in [2.45, 2.75) is 38.0 Å². The van der Waals surface area contributed by atoms with E-state index >= 15 is 0 Å². The molecule has 0 saturated carbocycles. The normalized spacial score (nSPS) is 20.6. The molecule has 0 spiro atoms. The van der Waals surface area contributed by atoms with Gasteiger partial charge in [-0.1, -0.05) is 0 Å². The zero-order chi connectivity index (χ0) is 16.2. The maximum atomic E-state index is 10.5. The summed E-state index contributed by atoms with van der Waals surface area (Å²) in [6.45, 7) is 11.3. The SMILES string of the molecule is CCNC(=NCC(C)(O)c1ccco1)N1CCSC(C)(C)C1.I. The summed E-state index contributed by atoms with van der Waals surface area (Å²) in [6, 6.07) is 3.56. The van der Waals surface area contributed by atoms with Crippen molar-refractivity contribution in [2.24, 2.45) is 4.99 Å². The molecule has 0 aromatic carbocycles. The van der Waals surface area contributed by atoms with E-state index in [2.05, 4.69) is 36.0 Å². The van der Waals surface area contributed by atoms with Gasteiger partial charge in [0.1, 0.15) is 11.4 Å². The summed E-state index contributed by atoms with van der Waals surface area (Å²) in [6.07, 6.45) is 1.57. The van der Waals surface area contributed by atoms with Crippen LogP contribution in [0.3, 0.4) is 0 Å². The molecule has 1 unspecified atom stereocenters. The predicted molar refractivity (Wildman–Crippen MR) is 108 cm³/mol. The number of halogens is 1. The minimum atomic E-state index is -1.09. The molecule has 1 aliphatic heterocycles. The number of furan rings is 1. The van der Waals surface area contributed by atoms with E-state index in [1.807, 2.05) is 11.8 Å². The van der Waals surface area contributed by atoms with Crippen molar-refractivity contribution in [3.8, 4) is 0 Å². The number of rotatable bonds is 4. The standard InChI is InChI=1S/C16H27N3O2S.HI/c1-5-17-14(19-8-10-22-15(2,3)12-19)18-11-16(4,20)13-7-6-9-21-13;/h6-7,9,20H,5,8,10-12H2,1-4H3,(H,17,18);1H. The number of nitrogens with zero attached hydrogens (tertiary/aromatic N) is 2. The van der Waals surface area contributed by atoms with Crippen LogP contribution < -0.4 is 5.32 Å². The van der Waals surface area contributed by atoms with Gasteiger partial charge in [-0.15, -0.1) is 24.0 Å². The Morgan fingerprint density at radius 3 is 2.87 bits per heavy atom. The minimum Gasteiger partial charge on any atom is -0.466 e. The molecule has 0 radical (unpaired) electrons. The van der Waals surface area contributed by atoms with Gasteiger partial charge in [-0.25, -0.2) is 4.99 Å². The van der Waals surface area contributed by atoms with E-state index < -0.39 is 5.60 Å². The van der Waals surface area contributed by atoms with Crippen molar-refractivity contribution in [1.29, 1.82) is 0 Å². The number of hydrogen-bond acceptors (Lipinski definition) is 4. The molecule has 0 aliphatic carbocycles. The van der Waals surface area contributed by atoms with Gasteiger partial charge >= 0.3 is 0 Å². The zero-order valence-corrected chi connectivity index (χ0v) is 17.5. The summed E-state index contributed by atoms with van der Waals surface area (Å²) in [5, 5.41) is 13.9. The Morgan fingerprint density at radius 2 is 2.30 bits per heavy atom. The van der Waals surface area contributed by atoms with Gasteiger partial charge in [0, 0.05) is 30.1 Å². The second-order valence-electron chi connectivity index (χ2n) is 6.45. The molecular weight excluding hydrogens is 425 g/mol. The van der Waals surface area contributed by atoms with E-state index in [0.29, 0.717) is 5.76 Å². The van der Waals surface area contributed by atoms with Crippen LogP contribution in [0.5, 0.6) is 0 Å². The van der Waals surface area contributed by atoms with Crippen LogP contribution in [-0.4, -0.2) is 52.6 Å². The van der Waals surface area contributed by atoms with Crippen LogP contribution in [0.25, 0.3) is 0 Å². The fraction of sp³-hybridized carbons (Fsp3) is 0.688. The summed E-state index contributed by atoms with van der Waals surface area (Å²) in [7, 11) is 0.